The van der Waals surface area contributed by atoms with Gasteiger partial charge in [0.05, 0.1) is 37.6 Å². The Hall–Kier alpha value is -4.44. The summed E-state index contributed by atoms with van der Waals surface area (Å²) in [4.78, 5) is 45.3. The van der Waals surface area contributed by atoms with E-state index in [4.69, 9.17) is 14.2 Å². The minimum Gasteiger partial charge on any atom is -0.503 e. The van der Waals surface area contributed by atoms with Crippen LogP contribution in [-0.4, -0.2) is 48.1 Å². The van der Waals surface area contributed by atoms with Crippen molar-refractivity contribution >= 4 is 40.2 Å². The van der Waals surface area contributed by atoms with E-state index in [2.05, 4.69) is 4.98 Å². The van der Waals surface area contributed by atoms with E-state index >= 15 is 0 Å². The highest BCUT2D eigenvalue weighted by Crippen LogP contribution is 2.45. The summed E-state index contributed by atoms with van der Waals surface area (Å²) in [6, 6.07) is 13.2. The molecule has 0 saturated carbocycles. The first-order valence-electron chi connectivity index (χ1n) is 12.3. The van der Waals surface area contributed by atoms with Crippen molar-refractivity contribution in [3.05, 3.63) is 87.6 Å². The van der Waals surface area contributed by atoms with Gasteiger partial charge in [0.1, 0.15) is 4.88 Å². The number of aryl methyl sites for hydroxylation is 1. The van der Waals surface area contributed by atoms with Crippen LogP contribution in [-0.2, 0) is 14.3 Å². The first-order chi connectivity index (χ1) is 18.8. The molecule has 0 radical (unpaired) electrons. The van der Waals surface area contributed by atoms with Crippen molar-refractivity contribution in [1.82, 2.24) is 4.98 Å². The molecule has 1 aromatic heterocycles. The largest absolute Gasteiger partial charge is 0.503 e. The van der Waals surface area contributed by atoms with E-state index in [1.807, 2.05) is 37.3 Å². The number of nitrogens with zero attached hydrogens (tertiary/aromatic N) is 2. The van der Waals surface area contributed by atoms with Crippen LogP contribution in [0.1, 0.15) is 46.4 Å². The molecule has 9 nitrogen and oxygen atoms in total. The predicted molar refractivity (Wildman–Crippen MR) is 147 cm³/mol. The second kappa shape index (κ2) is 12.0. The number of methoxy groups -OCH3 is 1. The molecule has 2 heterocycles. The van der Waals surface area contributed by atoms with E-state index in [1.165, 1.54) is 18.1 Å². The van der Waals surface area contributed by atoms with Gasteiger partial charge < -0.3 is 19.3 Å². The van der Waals surface area contributed by atoms with Crippen LogP contribution >= 0.6 is 11.3 Å². The van der Waals surface area contributed by atoms with Gasteiger partial charge in [-0.05, 0) is 50.1 Å². The topological polar surface area (TPSA) is 115 Å². The minimum atomic E-state index is -1.05. The summed E-state index contributed by atoms with van der Waals surface area (Å²) in [6.07, 6.45) is 2.92. The molecular formula is C29H28N2O7S. The maximum absolute atomic E-state index is 13.5. The number of allylic oxidation sites excluding steroid dienone is 1. The van der Waals surface area contributed by atoms with Gasteiger partial charge in [-0.2, -0.15) is 0 Å². The Labute approximate surface area is 230 Å². The second-order valence-electron chi connectivity index (χ2n) is 8.42. The summed E-state index contributed by atoms with van der Waals surface area (Å²) < 4.78 is 16.2. The summed E-state index contributed by atoms with van der Waals surface area (Å²) >= 11 is 0.951. The molecule has 3 aromatic rings. The number of hydrogen-bond acceptors (Lipinski definition) is 9. The molecule has 1 aliphatic rings. The maximum Gasteiger partial charge on any atom is 0.350 e. The highest BCUT2D eigenvalue weighted by Gasteiger charge is 2.45. The van der Waals surface area contributed by atoms with Gasteiger partial charge in [-0.25, -0.2) is 9.78 Å². The van der Waals surface area contributed by atoms with Gasteiger partial charge in [-0.1, -0.05) is 53.8 Å². The number of amides is 1. The van der Waals surface area contributed by atoms with E-state index in [9.17, 15) is 19.5 Å². The van der Waals surface area contributed by atoms with Crippen molar-refractivity contribution in [3.8, 4) is 11.5 Å². The first-order valence-corrected chi connectivity index (χ1v) is 13.1. The minimum absolute atomic E-state index is 0.121. The number of aliphatic hydroxyl groups excluding tert-OH is 1. The number of anilines is 1. The molecule has 1 amide bonds. The molecule has 0 fully saturated rings. The molecule has 1 aliphatic heterocycles. The quantitative estimate of drug-likeness (QED) is 0.271. The van der Waals surface area contributed by atoms with Gasteiger partial charge in [0, 0.05) is 0 Å². The zero-order valence-electron chi connectivity index (χ0n) is 22.0. The molecule has 0 bridgehead atoms. The lowest BCUT2D eigenvalue weighted by molar-refractivity contribution is -0.117. The average Bonchev–Trinajstić information content (AvgIpc) is 3.45. The molecule has 39 heavy (non-hydrogen) atoms. The fraction of sp³-hybridized carbons (Fsp3) is 0.241. The number of thiazole rings is 1. The molecule has 0 saturated heterocycles. The zero-order valence-corrected chi connectivity index (χ0v) is 22.8. The summed E-state index contributed by atoms with van der Waals surface area (Å²) in [5, 5.41) is 11.1. The second-order valence-corrected chi connectivity index (χ2v) is 9.40. The summed E-state index contributed by atoms with van der Waals surface area (Å²) in [7, 11) is 1.48. The van der Waals surface area contributed by atoms with Crippen LogP contribution in [0.2, 0.25) is 0 Å². The van der Waals surface area contributed by atoms with Gasteiger partial charge in [0.25, 0.3) is 5.91 Å². The molecule has 1 unspecified atom stereocenters. The number of esters is 1. The maximum atomic E-state index is 13.5. The van der Waals surface area contributed by atoms with Gasteiger partial charge >= 0.3 is 5.97 Å². The third-order valence-corrected chi connectivity index (χ3v) is 7.09. The zero-order chi connectivity index (χ0) is 28.1. The van der Waals surface area contributed by atoms with Crippen molar-refractivity contribution in [3.63, 3.8) is 0 Å². The van der Waals surface area contributed by atoms with Gasteiger partial charge in [0.15, 0.2) is 28.2 Å². The molecule has 2 aromatic carbocycles. The van der Waals surface area contributed by atoms with E-state index in [0.717, 1.165) is 16.9 Å². The monoisotopic (exact) mass is 548 g/mol. The van der Waals surface area contributed by atoms with Gasteiger partial charge in [-0.15, -0.1) is 0 Å². The van der Waals surface area contributed by atoms with E-state index in [0.29, 0.717) is 29.4 Å². The number of benzene rings is 2. The standard InChI is InChI=1S/C29H28N2O7S/c1-5-37-21-15-13-19(16-22(21)36-4)24-23(20(32)14-12-18-10-8-7-9-11-18)25(33)27(34)31(24)29-30-17(3)26(39-29)28(35)38-6-2/h7-16,24,33H,5-6H2,1-4H3/b14-12+. The highest BCUT2D eigenvalue weighted by atomic mass is 32.1. The molecule has 10 heteroatoms. The molecule has 4 rings (SSSR count). The summed E-state index contributed by atoms with van der Waals surface area (Å²) in [5.74, 6) is -1.75. The third-order valence-electron chi connectivity index (χ3n) is 5.96. The Morgan fingerprint density at radius 2 is 1.85 bits per heavy atom. The van der Waals surface area contributed by atoms with Crippen molar-refractivity contribution < 1.29 is 33.7 Å². The molecular weight excluding hydrogens is 520 g/mol. The number of ether oxygens (including phenoxy) is 3. The smallest absolute Gasteiger partial charge is 0.350 e. The van der Waals surface area contributed by atoms with Crippen LogP contribution in [0.15, 0.2) is 65.9 Å². The molecule has 1 atom stereocenters. The van der Waals surface area contributed by atoms with Crippen LogP contribution in [0.5, 0.6) is 11.5 Å². The molecule has 0 spiro atoms. The SMILES string of the molecule is CCOC(=O)c1sc(N2C(=O)C(O)=C(C(=O)/C=C/c3ccccc3)C2c2ccc(OCC)c(OC)c2)nc1C. The summed E-state index contributed by atoms with van der Waals surface area (Å²) in [5.41, 5.74) is 1.51. The average molecular weight is 549 g/mol. The Kier molecular flexibility index (Phi) is 8.46. The normalized spacial score (nSPS) is 15.2. The lowest BCUT2D eigenvalue weighted by atomic mass is 9.95. The lowest BCUT2D eigenvalue weighted by Gasteiger charge is -2.25. The number of aromatic nitrogens is 1. The van der Waals surface area contributed by atoms with Crippen molar-refractivity contribution in [2.75, 3.05) is 25.2 Å². The van der Waals surface area contributed by atoms with Crippen molar-refractivity contribution in [1.29, 1.82) is 0 Å². The fourth-order valence-electron chi connectivity index (χ4n) is 4.20. The fourth-order valence-corrected chi connectivity index (χ4v) is 5.18. The third kappa shape index (κ3) is 5.56. The van der Waals surface area contributed by atoms with Crippen LogP contribution < -0.4 is 14.4 Å². The Morgan fingerprint density at radius 3 is 2.51 bits per heavy atom. The number of hydrogen-bond donors (Lipinski definition) is 1. The first kappa shape index (κ1) is 27.6. The van der Waals surface area contributed by atoms with Gasteiger partial charge in [0.2, 0.25) is 0 Å². The van der Waals surface area contributed by atoms with Crippen LogP contribution in [0, 0.1) is 6.92 Å². The van der Waals surface area contributed by atoms with Crippen molar-refractivity contribution in [2.45, 2.75) is 26.8 Å². The van der Waals surface area contributed by atoms with Crippen LogP contribution in [0.4, 0.5) is 5.13 Å². The number of carbonyl (C=O) groups is 3. The van der Waals surface area contributed by atoms with Crippen molar-refractivity contribution in [2.24, 2.45) is 0 Å². The predicted octanol–water partition coefficient (Wildman–Crippen LogP) is 5.22. The lowest BCUT2D eigenvalue weighted by Crippen LogP contribution is -2.30. The Bertz CT molecular complexity index is 1460. The molecule has 0 aliphatic carbocycles. The van der Waals surface area contributed by atoms with Crippen LogP contribution in [0.3, 0.4) is 0 Å². The van der Waals surface area contributed by atoms with E-state index < -0.39 is 29.5 Å². The molecule has 1 N–H and O–H groups in total. The van der Waals surface area contributed by atoms with Crippen LogP contribution in [0.25, 0.3) is 6.08 Å². The Morgan fingerprint density at radius 1 is 1.10 bits per heavy atom. The number of rotatable bonds is 10. The molecule has 202 valence electrons. The number of aliphatic hydroxyl groups is 1. The number of ketones is 1. The highest BCUT2D eigenvalue weighted by molar-refractivity contribution is 7.17. The van der Waals surface area contributed by atoms with E-state index in [1.54, 1.807) is 38.1 Å². The van der Waals surface area contributed by atoms with E-state index in [-0.39, 0.29) is 22.2 Å². The Balaban J connectivity index is 1.83. The number of carbonyl (C=O) groups excluding carboxylic acids is 3. The summed E-state index contributed by atoms with van der Waals surface area (Å²) in [6.45, 7) is 5.75. The van der Waals surface area contributed by atoms with Gasteiger partial charge in [-0.3, -0.25) is 14.5 Å².